The fraction of sp³-hybridized carbons (Fsp3) is 0.389. The first-order valence-electron chi connectivity index (χ1n) is 8.39. The molecule has 2 amide bonds. The van der Waals surface area contributed by atoms with Crippen LogP contribution in [0.5, 0.6) is 0 Å². The average Bonchev–Trinajstić information content (AvgIpc) is 3.28. The van der Waals surface area contributed by atoms with Crippen LogP contribution in [0, 0.1) is 0 Å². The van der Waals surface area contributed by atoms with E-state index >= 15 is 0 Å². The lowest BCUT2D eigenvalue weighted by Crippen LogP contribution is -2.53. The van der Waals surface area contributed by atoms with E-state index in [1.165, 1.54) is 0 Å². The fourth-order valence-electron chi connectivity index (χ4n) is 3.49. The number of ether oxygens (including phenoxy) is 1. The smallest absolute Gasteiger partial charge is 0.249 e. The van der Waals surface area contributed by atoms with Crippen LogP contribution in [0.4, 0.5) is 0 Å². The highest BCUT2D eigenvalue weighted by molar-refractivity contribution is 5.80. The normalized spacial score (nSPS) is 23.0. The number of hydrogen-bond acceptors (Lipinski definition) is 4. The van der Waals surface area contributed by atoms with Gasteiger partial charge in [0.25, 0.3) is 0 Å². The Morgan fingerprint density at radius 2 is 2.08 bits per heavy atom. The van der Waals surface area contributed by atoms with Crippen LogP contribution in [-0.4, -0.2) is 63.0 Å². The number of hydrogen-bond donors (Lipinski definition) is 0. The summed E-state index contributed by atoms with van der Waals surface area (Å²) < 4.78 is 7.44. The van der Waals surface area contributed by atoms with Gasteiger partial charge >= 0.3 is 0 Å². The van der Waals surface area contributed by atoms with E-state index in [1.807, 2.05) is 35.2 Å². The molecule has 7 nitrogen and oxygen atoms in total. The van der Waals surface area contributed by atoms with E-state index in [2.05, 4.69) is 4.98 Å². The van der Waals surface area contributed by atoms with Gasteiger partial charge in [-0.1, -0.05) is 30.3 Å². The number of aromatic nitrogens is 2. The number of imidazole rings is 1. The summed E-state index contributed by atoms with van der Waals surface area (Å²) in [7, 11) is 0. The van der Waals surface area contributed by atoms with Crippen LogP contribution in [-0.2, 0) is 27.4 Å². The van der Waals surface area contributed by atoms with Crippen LogP contribution in [0.3, 0.4) is 0 Å². The molecule has 2 fully saturated rings. The molecule has 2 aliphatic heterocycles. The van der Waals surface area contributed by atoms with E-state index in [1.54, 1.807) is 28.2 Å². The highest BCUT2D eigenvalue weighted by Gasteiger charge is 2.44. The largest absolute Gasteiger partial charge is 0.364 e. The monoisotopic (exact) mass is 340 g/mol. The highest BCUT2D eigenvalue weighted by Crippen LogP contribution is 2.25. The van der Waals surface area contributed by atoms with E-state index in [4.69, 9.17) is 4.74 Å². The molecule has 1 aromatic heterocycles. The van der Waals surface area contributed by atoms with Gasteiger partial charge in [-0.05, 0) is 5.56 Å². The molecule has 2 atom stereocenters. The molecule has 2 aliphatic rings. The number of rotatable bonds is 4. The number of fused-ring (bicyclic) bond motifs is 1. The van der Waals surface area contributed by atoms with Gasteiger partial charge in [0.1, 0.15) is 13.2 Å². The number of carbonyl (C=O) groups excluding carboxylic acids is 2. The van der Waals surface area contributed by atoms with Crippen molar-refractivity contribution in [3.8, 4) is 0 Å². The topological polar surface area (TPSA) is 67.7 Å². The Morgan fingerprint density at radius 3 is 2.84 bits per heavy atom. The average molecular weight is 340 g/mol. The molecule has 0 radical (unpaired) electrons. The zero-order valence-corrected chi connectivity index (χ0v) is 13.8. The minimum absolute atomic E-state index is 0.0168. The molecule has 0 spiro atoms. The Kier molecular flexibility index (Phi) is 4.23. The van der Waals surface area contributed by atoms with E-state index in [-0.39, 0.29) is 37.1 Å². The fourth-order valence-corrected chi connectivity index (χ4v) is 3.49. The van der Waals surface area contributed by atoms with Crippen molar-refractivity contribution in [3.63, 3.8) is 0 Å². The van der Waals surface area contributed by atoms with Crippen molar-refractivity contribution in [2.24, 2.45) is 0 Å². The lowest BCUT2D eigenvalue weighted by atomic mass is 10.1. The Labute approximate surface area is 145 Å². The van der Waals surface area contributed by atoms with Gasteiger partial charge in [0.2, 0.25) is 11.8 Å². The molecule has 7 heteroatoms. The number of likely N-dealkylation sites (tertiary alicyclic amines) is 1. The quantitative estimate of drug-likeness (QED) is 0.814. The lowest BCUT2D eigenvalue weighted by molar-refractivity contribution is -0.153. The minimum Gasteiger partial charge on any atom is -0.364 e. The SMILES string of the molecule is O=C(Cn1ccnc1)N1C[C@@H]2[C@@H](C1)OCC(=O)N2Cc1ccccc1. The third kappa shape index (κ3) is 3.28. The predicted octanol–water partition coefficient (Wildman–Crippen LogP) is 0.521. The summed E-state index contributed by atoms with van der Waals surface area (Å²) >= 11 is 0. The van der Waals surface area contributed by atoms with Crippen LogP contribution in [0.15, 0.2) is 49.1 Å². The number of morpholine rings is 1. The lowest BCUT2D eigenvalue weighted by Gasteiger charge is -2.36. The van der Waals surface area contributed by atoms with Crippen molar-refractivity contribution in [2.45, 2.75) is 25.2 Å². The molecule has 0 bridgehead atoms. The third-order valence-electron chi connectivity index (χ3n) is 4.80. The van der Waals surface area contributed by atoms with Gasteiger partial charge in [0.15, 0.2) is 0 Å². The number of benzene rings is 1. The highest BCUT2D eigenvalue weighted by atomic mass is 16.5. The number of carbonyl (C=O) groups is 2. The number of nitrogens with zero attached hydrogens (tertiary/aromatic N) is 4. The van der Waals surface area contributed by atoms with Crippen molar-refractivity contribution < 1.29 is 14.3 Å². The van der Waals surface area contributed by atoms with E-state index < -0.39 is 0 Å². The first kappa shape index (κ1) is 15.8. The van der Waals surface area contributed by atoms with Crippen LogP contribution < -0.4 is 0 Å². The molecule has 2 saturated heterocycles. The van der Waals surface area contributed by atoms with Gasteiger partial charge in [0, 0.05) is 32.0 Å². The molecular formula is C18H20N4O3. The Bertz CT molecular complexity index is 747. The summed E-state index contributed by atoms with van der Waals surface area (Å²) in [4.78, 5) is 32.5. The first-order chi connectivity index (χ1) is 12.2. The zero-order valence-electron chi connectivity index (χ0n) is 13.8. The van der Waals surface area contributed by atoms with Crippen molar-refractivity contribution in [2.75, 3.05) is 19.7 Å². The Hall–Kier alpha value is -2.67. The minimum atomic E-state index is -0.117. The second kappa shape index (κ2) is 6.68. The van der Waals surface area contributed by atoms with Gasteiger partial charge in [0.05, 0.1) is 18.5 Å². The first-order valence-corrected chi connectivity index (χ1v) is 8.39. The van der Waals surface area contributed by atoms with Crippen molar-refractivity contribution in [1.82, 2.24) is 19.4 Å². The van der Waals surface area contributed by atoms with Gasteiger partial charge < -0.3 is 19.1 Å². The van der Waals surface area contributed by atoms with Gasteiger partial charge in [-0.3, -0.25) is 9.59 Å². The van der Waals surface area contributed by atoms with E-state index in [9.17, 15) is 9.59 Å². The summed E-state index contributed by atoms with van der Waals surface area (Å²) in [6, 6.07) is 9.82. The molecule has 0 N–H and O–H groups in total. The van der Waals surface area contributed by atoms with Crippen LogP contribution >= 0.6 is 0 Å². The van der Waals surface area contributed by atoms with Crippen molar-refractivity contribution >= 4 is 11.8 Å². The molecule has 1 aromatic carbocycles. The summed E-state index contributed by atoms with van der Waals surface area (Å²) in [5.74, 6) is -0.00267. The van der Waals surface area contributed by atoms with Gasteiger partial charge in [-0.15, -0.1) is 0 Å². The maximum atomic E-state index is 12.5. The zero-order chi connectivity index (χ0) is 17.2. The molecule has 2 aromatic rings. The third-order valence-corrected chi connectivity index (χ3v) is 4.80. The molecule has 25 heavy (non-hydrogen) atoms. The Balaban J connectivity index is 1.46. The second-order valence-electron chi connectivity index (χ2n) is 6.46. The van der Waals surface area contributed by atoms with Gasteiger partial charge in [-0.2, -0.15) is 0 Å². The number of amides is 2. The molecule has 130 valence electrons. The molecule has 0 aliphatic carbocycles. The predicted molar refractivity (Wildman–Crippen MR) is 89.3 cm³/mol. The maximum absolute atomic E-state index is 12.5. The van der Waals surface area contributed by atoms with Gasteiger partial charge in [-0.25, -0.2) is 4.98 Å². The molecule has 3 heterocycles. The Morgan fingerprint density at radius 1 is 1.24 bits per heavy atom. The van der Waals surface area contributed by atoms with Crippen LogP contribution in [0.2, 0.25) is 0 Å². The maximum Gasteiger partial charge on any atom is 0.249 e. The summed E-state index contributed by atoms with van der Waals surface area (Å²) in [6.45, 7) is 1.92. The molecule has 0 saturated carbocycles. The molecular weight excluding hydrogens is 320 g/mol. The summed E-state index contributed by atoms with van der Waals surface area (Å²) in [5.41, 5.74) is 1.08. The van der Waals surface area contributed by atoms with E-state index in [0.717, 1.165) is 5.56 Å². The van der Waals surface area contributed by atoms with Crippen LogP contribution in [0.25, 0.3) is 0 Å². The standard InChI is InChI=1S/C18H20N4O3/c23-17(11-20-7-6-19-13-20)21-9-15-16(10-21)25-12-18(24)22(15)8-14-4-2-1-3-5-14/h1-7,13,15-16H,8-12H2/t15-,16-/m1/s1. The van der Waals surface area contributed by atoms with E-state index in [0.29, 0.717) is 19.6 Å². The summed E-state index contributed by atoms with van der Waals surface area (Å²) in [6.07, 6.45) is 4.93. The van der Waals surface area contributed by atoms with Crippen molar-refractivity contribution in [1.29, 1.82) is 0 Å². The second-order valence-corrected chi connectivity index (χ2v) is 6.46. The van der Waals surface area contributed by atoms with Crippen molar-refractivity contribution in [3.05, 3.63) is 54.6 Å². The summed E-state index contributed by atoms with van der Waals surface area (Å²) in [5, 5.41) is 0. The molecule has 0 unspecified atom stereocenters. The molecule has 4 rings (SSSR count). The van der Waals surface area contributed by atoms with Crippen LogP contribution in [0.1, 0.15) is 5.56 Å².